The molecule has 0 spiro atoms. The van der Waals surface area contributed by atoms with Gasteiger partial charge in [-0.1, -0.05) is 0 Å². The summed E-state index contributed by atoms with van der Waals surface area (Å²) in [4.78, 5) is 13.5. The Morgan fingerprint density at radius 3 is 2.33 bits per heavy atom. The molecule has 0 bridgehead atoms. The number of halogens is 1. The van der Waals surface area contributed by atoms with Gasteiger partial charge in [0.15, 0.2) is 18.0 Å². The Hall–Kier alpha value is -2.60. The standard InChI is InChI=1S/C21H25FN2O3/c1-3-26-19-11-15-9-10-24(13-16(15)12-20(19)27-4-2)14-21(25)23-18-7-5-17(22)6-8-18/h5-8,11-12H,3-4,9-10,13-14H2,1-2H3,(H,23,25)/p+1. The molecule has 144 valence electrons. The lowest BCUT2D eigenvalue weighted by Gasteiger charge is -2.26. The summed E-state index contributed by atoms with van der Waals surface area (Å²) in [5, 5.41) is 2.83. The first kappa shape index (κ1) is 19.2. The molecule has 0 fully saturated rings. The van der Waals surface area contributed by atoms with E-state index in [2.05, 4.69) is 11.4 Å². The molecule has 1 aliphatic heterocycles. The smallest absolute Gasteiger partial charge is 0.279 e. The lowest BCUT2D eigenvalue weighted by molar-refractivity contribution is -0.907. The van der Waals surface area contributed by atoms with Crippen molar-refractivity contribution in [2.75, 3.05) is 31.6 Å². The van der Waals surface area contributed by atoms with E-state index >= 15 is 0 Å². The molecule has 0 aliphatic carbocycles. The molecule has 0 saturated heterocycles. The first-order valence-corrected chi connectivity index (χ1v) is 9.39. The van der Waals surface area contributed by atoms with Crippen molar-refractivity contribution in [2.45, 2.75) is 26.8 Å². The van der Waals surface area contributed by atoms with Crippen LogP contribution in [0.3, 0.4) is 0 Å². The number of hydrogen-bond donors (Lipinski definition) is 2. The van der Waals surface area contributed by atoms with Crippen LogP contribution < -0.4 is 19.7 Å². The fraction of sp³-hybridized carbons (Fsp3) is 0.381. The van der Waals surface area contributed by atoms with E-state index in [0.29, 0.717) is 25.4 Å². The first-order valence-electron chi connectivity index (χ1n) is 9.39. The maximum Gasteiger partial charge on any atom is 0.279 e. The quantitative estimate of drug-likeness (QED) is 0.782. The van der Waals surface area contributed by atoms with Crippen molar-refractivity contribution in [2.24, 2.45) is 0 Å². The molecule has 27 heavy (non-hydrogen) atoms. The number of ether oxygens (including phenoxy) is 2. The Labute approximate surface area is 159 Å². The molecule has 1 heterocycles. The maximum absolute atomic E-state index is 13.0. The summed E-state index contributed by atoms with van der Waals surface area (Å²) in [5.74, 6) is 1.16. The van der Waals surface area contributed by atoms with Gasteiger partial charge in [-0.3, -0.25) is 4.79 Å². The average molecular weight is 373 g/mol. The van der Waals surface area contributed by atoms with Crippen LogP contribution >= 0.6 is 0 Å². The summed E-state index contributed by atoms with van der Waals surface area (Å²) >= 11 is 0. The lowest BCUT2D eigenvalue weighted by atomic mass is 9.98. The number of carbonyl (C=O) groups excluding carboxylic acids is 1. The molecule has 1 unspecified atom stereocenters. The Bertz CT molecular complexity index is 793. The number of anilines is 1. The predicted molar refractivity (Wildman–Crippen MR) is 102 cm³/mol. The molecule has 0 radical (unpaired) electrons. The van der Waals surface area contributed by atoms with Crippen LogP contribution in [0.1, 0.15) is 25.0 Å². The summed E-state index contributed by atoms with van der Waals surface area (Å²) in [7, 11) is 0. The number of hydrogen-bond acceptors (Lipinski definition) is 3. The highest BCUT2D eigenvalue weighted by atomic mass is 19.1. The largest absolute Gasteiger partial charge is 0.490 e. The Kier molecular flexibility index (Phi) is 6.29. The summed E-state index contributed by atoms with van der Waals surface area (Å²) in [6.45, 7) is 7.10. The van der Waals surface area contributed by atoms with Crippen molar-refractivity contribution >= 4 is 11.6 Å². The molecule has 2 aromatic rings. The number of rotatable bonds is 7. The van der Waals surface area contributed by atoms with Gasteiger partial charge in [-0.2, -0.15) is 0 Å². The summed E-state index contributed by atoms with van der Waals surface area (Å²) < 4.78 is 24.4. The second-order valence-electron chi connectivity index (χ2n) is 6.59. The molecule has 2 N–H and O–H groups in total. The number of nitrogens with one attached hydrogen (secondary N) is 2. The molecule has 5 nitrogen and oxygen atoms in total. The zero-order chi connectivity index (χ0) is 19.2. The van der Waals surface area contributed by atoms with Gasteiger partial charge < -0.3 is 19.7 Å². The third-order valence-corrected chi connectivity index (χ3v) is 4.59. The Morgan fingerprint density at radius 1 is 1.07 bits per heavy atom. The average Bonchev–Trinajstić information content (AvgIpc) is 2.64. The zero-order valence-electron chi connectivity index (χ0n) is 15.8. The van der Waals surface area contributed by atoms with Crippen molar-refractivity contribution < 1.29 is 23.6 Å². The minimum Gasteiger partial charge on any atom is -0.490 e. The maximum atomic E-state index is 13.0. The van der Waals surface area contributed by atoms with E-state index in [1.807, 2.05) is 19.9 Å². The number of carbonyl (C=O) groups is 1. The van der Waals surface area contributed by atoms with Gasteiger partial charge in [-0.25, -0.2) is 4.39 Å². The highest BCUT2D eigenvalue weighted by molar-refractivity contribution is 5.91. The van der Waals surface area contributed by atoms with Crippen LogP contribution in [0.2, 0.25) is 0 Å². The van der Waals surface area contributed by atoms with Gasteiger partial charge in [0.25, 0.3) is 5.91 Å². The van der Waals surface area contributed by atoms with E-state index in [4.69, 9.17) is 9.47 Å². The molecule has 1 atom stereocenters. The minimum atomic E-state index is -0.317. The van der Waals surface area contributed by atoms with Gasteiger partial charge in [0, 0.05) is 17.7 Å². The van der Waals surface area contributed by atoms with Gasteiger partial charge in [0.1, 0.15) is 12.4 Å². The SMILES string of the molecule is CCOc1cc2c(cc1OCC)C[NH+](CC(=O)Nc1ccc(F)cc1)CC2. The van der Waals surface area contributed by atoms with E-state index in [0.717, 1.165) is 31.0 Å². The van der Waals surface area contributed by atoms with E-state index in [1.165, 1.54) is 28.2 Å². The number of quaternary nitrogens is 1. The number of amides is 1. The van der Waals surface area contributed by atoms with Crippen LogP contribution in [0, 0.1) is 5.82 Å². The highest BCUT2D eigenvalue weighted by Crippen LogP contribution is 2.32. The second-order valence-corrected chi connectivity index (χ2v) is 6.59. The predicted octanol–water partition coefficient (Wildman–Crippen LogP) is 2.20. The normalized spacial score (nSPS) is 15.7. The fourth-order valence-corrected chi connectivity index (χ4v) is 3.36. The molecule has 3 rings (SSSR count). The number of fused-ring (bicyclic) bond motifs is 1. The molecular formula is C21H26FN2O3+. The third kappa shape index (κ3) is 4.98. The topological polar surface area (TPSA) is 52.0 Å². The summed E-state index contributed by atoms with van der Waals surface area (Å²) in [6, 6.07) is 9.92. The van der Waals surface area contributed by atoms with Crippen molar-refractivity contribution in [1.82, 2.24) is 0 Å². The van der Waals surface area contributed by atoms with E-state index in [-0.39, 0.29) is 11.7 Å². The van der Waals surface area contributed by atoms with Crippen LogP contribution in [-0.4, -0.2) is 32.2 Å². The van der Waals surface area contributed by atoms with Crippen molar-refractivity contribution in [3.05, 3.63) is 53.3 Å². The molecule has 1 amide bonds. The van der Waals surface area contributed by atoms with E-state index in [9.17, 15) is 9.18 Å². The van der Waals surface area contributed by atoms with Gasteiger partial charge in [-0.05, 0) is 55.8 Å². The van der Waals surface area contributed by atoms with E-state index in [1.54, 1.807) is 12.1 Å². The summed E-state index contributed by atoms with van der Waals surface area (Å²) in [5.41, 5.74) is 3.06. The van der Waals surface area contributed by atoms with Gasteiger partial charge >= 0.3 is 0 Å². The van der Waals surface area contributed by atoms with Crippen molar-refractivity contribution in [3.8, 4) is 11.5 Å². The Morgan fingerprint density at radius 2 is 1.70 bits per heavy atom. The molecule has 2 aromatic carbocycles. The molecule has 1 aliphatic rings. The first-order chi connectivity index (χ1) is 13.1. The third-order valence-electron chi connectivity index (χ3n) is 4.59. The minimum absolute atomic E-state index is 0.0731. The van der Waals surface area contributed by atoms with Gasteiger partial charge in [0.2, 0.25) is 0 Å². The zero-order valence-corrected chi connectivity index (χ0v) is 15.8. The molecule has 6 heteroatoms. The van der Waals surface area contributed by atoms with Crippen LogP contribution in [0.4, 0.5) is 10.1 Å². The van der Waals surface area contributed by atoms with E-state index < -0.39 is 0 Å². The molecule has 0 saturated carbocycles. The lowest BCUT2D eigenvalue weighted by Crippen LogP contribution is -3.12. The highest BCUT2D eigenvalue weighted by Gasteiger charge is 2.24. The van der Waals surface area contributed by atoms with Crippen LogP contribution in [0.25, 0.3) is 0 Å². The van der Waals surface area contributed by atoms with Crippen LogP contribution in [0.5, 0.6) is 11.5 Å². The van der Waals surface area contributed by atoms with Gasteiger partial charge in [0.05, 0.1) is 19.8 Å². The molecule has 0 aromatic heterocycles. The number of benzene rings is 2. The monoisotopic (exact) mass is 373 g/mol. The van der Waals surface area contributed by atoms with Crippen LogP contribution in [-0.2, 0) is 17.8 Å². The summed E-state index contributed by atoms with van der Waals surface area (Å²) in [6.07, 6.45) is 0.890. The Balaban J connectivity index is 1.65. The second kappa shape index (κ2) is 8.86. The van der Waals surface area contributed by atoms with Crippen molar-refractivity contribution in [3.63, 3.8) is 0 Å². The van der Waals surface area contributed by atoms with Crippen LogP contribution in [0.15, 0.2) is 36.4 Å². The van der Waals surface area contributed by atoms with Gasteiger partial charge in [-0.15, -0.1) is 0 Å². The molecular weight excluding hydrogens is 347 g/mol. The fourth-order valence-electron chi connectivity index (χ4n) is 3.36. The van der Waals surface area contributed by atoms with Crippen molar-refractivity contribution in [1.29, 1.82) is 0 Å².